The van der Waals surface area contributed by atoms with Gasteiger partial charge in [-0.1, -0.05) is 13.3 Å². The maximum absolute atomic E-state index is 2.95. The van der Waals surface area contributed by atoms with Gasteiger partial charge in [-0.3, -0.25) is 0 Å². The number of nitrogens with one attached hydrogen (secondary N) is 1. The number of hydrogen-bond donors (Lipinski definition) is 1. The van der Waals surface area contributed by atoms with E-state index in [4.69, 9.17) is 0 Å². The quantitative estimate of drug-likeness (QED) is 0.624. The van der Waals surface area contributed by atoms with Gasteiger partial charge in [0.15, 0.2) is 0 Å². The Kier molecular flexibility index (Phi) is 6.03. The molecule has 0 saturated heterocycles. The predicted octanol–water partition coefficient (Wildman–Crippen LogP) is 1.41. The van der Waals surface area contributed by atoms with Crippen molar-refractivity contribution in [3.05, 3.63) is 12.4 Å². The normalized spacial score (nSPS) is 10.3. The molecule has 2 heteroatoms. The Labute approximate surface area is 63.9 Å². The van der Waals surface area contributed by atoms with Crippen molar-refractivity contribution in [3.63, 3.8) is 0 Å². The third kappa shape index (κ3) is 5.48. The molecule has 10 heavy (non-hydrogen) atoms. The molecule has 0 bridgehead atoms. The Morgan fingerprint density at radius 3 is 2.70 bits per heavy atom. The van der Waals surface area contributed by atoms with Crippen LogP contribution in [0.1, 0.15) is 19.8 Å². The minimum atomic E-state index is 1.15. The van der Waals surface area contributed by atoms with Crippen molar-refractivity contribution in [2.75, 3.05) is 20.6 Å². The van der Waals surface area contributed by atoms with Gasteiger partial charge < -0.3 is 10.2 Å². The second-order valence-electron chi connectivity index (χ2n) is 2.44. The number of unbranched alkanes of at least 4 members (excludes halogenated alkanes) is 1. The smallest absolute Gasteiger partial charge is 0.0169 e. The van der Waals surface area contributed by atoms with Crippen molar-refractivity contribution in [2.45, 2.75) is 19.8 Å². The summed E-state index contributed by atoms with van der Waals surface area (Å²) in [4.78, 5) is 2.18. The third-order valence-corrected chi connectivity index (χ3v) is 1.36. The summed E-state index contributed by atoms with van der Waals surface area (Å²) in [5.41, 5.74) is 0. The molecule has 0 saturated carbocycles. The second-order valence-corrected chi connectivity index (χ2v) is 2.44. The summed E-state index contributed by atoms with van der Waals surface area (Å²) in [5.74, 6) is 0. The molecule has 0 aliphatic heterocycles. The van der Waals surface area contributed by atoms with Gasteiger partial charge >= 0.3 is 0 Å². The van der Waals surface area contributed by atoms with Crippen LogP contribution in [-0.4, -0.2) is 25.5 Å². The molecule has 0 unspecified atom stereocenters. The van der Waals surface area contributed by atoms with Crippen molar-refractivity contribution in [3.8, 4) is 0 Å². The van der Waals surface area contributed by atoms with E-state index in [9.17, 15) is 0 Å². The van der Waals surface area contributed by atoms with Gasteiger partial charge in [0, 0.05) is 33.0 Å². The van der Waals surface area contributed by atoms with Crippen LogP contribution in [0, 0.1) is 0 Å². The molecule has 0 aromatic carbocycles. The topological polar surface area (TPSA) is 15.3 Å². The van der Waals surface area contributed by atoms with Crippen molar-refractivity contribution >= 4 is 0 Å². The summed E-state index contributed by atoms with van der Waals surface area (Å²) in [6.45, 7) is 3.35. The van der Waals surface area contributed by atoms with Gasteiger partial charge in [-0.25, -0.2) is 0 Å². The minimum absolute atomic E-state index is 1.15. The standard InChI is InChI=1S/C8H18N2/c1-4-5-7-10(3)8-6-9-2/h6,8-9H,4-5,7H2,1-3H3/b8-6-. The van der Waals surface area contributed by atoms with Crippen LogP contribution in [0.4, 0.5) is 0 Å². The molecule has 0 spiro atoms. The lowest BCUT2D eigenvalue weighted by Crippen LogP contribution is -2.12. The van der Waals surface area contributed by atoms with E-state index in [0.29, 0.717) is 0 Å². The zero-order chi connectivity index (χ0) is 7.82. The average Bonchev–Trinajstić information content (AvgIpc) is 1.97. The molecule has 2 nitrogen and oxygen atoms in total. The highest BCUT2D eigenvalue weighted by atomic mass is 15.1. The first-order chi connectivity index (χ1) is 4.81. The molecule has 0 amide bonds. The fourth-order valence-corrected chi connectivity index (χ4v) is 0.684. The summed E-state index contributed by atoms with van der Waals surface area (Å²) in [5, 5.41) is 2.95. The van der Waals surface area contributed by atoms with E-state index in [-0.39, 0.29) is 0 Å². The summed E-state index contributed by atoms with van der Waals surface area (Å²) < 4.78 is 0. The molecule has 1 N–H and O–H groups in total. The fraction of sp³-hybridized carbons (Fsp3) is 0.750. The van der Waals surface area contributed by atoms with Crippen LogP contribution >= 0.6 is 0 Å². The van der Waals surface area contributed by atoms with E-state index in [1.807, 2.05) is 13.2 Å². The average molecular weight is 142 g/mol. The summed E-state index contributed by atoms with van der Waals surface area (Å²) >= 11 is 0. The molecule has 0 rings (SSSR count). The van der Waals surface area contributed by atoms with Gasteiger partial charge in [0.05, 0.1) is 0 Å². The third-order valence-electron chi connectivity index (χ3n) is 1.36. The molecule has 0 aromatic heterocycles. The van der Waals surface area contributed by atoms with E-state index >= 15 is 0 Å². The van der Waals surface area contributed by atoms with Gasteiger partial charge in [-0.2, -0.15) is 0 Å². The van der Waals surface area contributed by atoms with Crippen LogP contribution < -0.4 is 5.32 Å². The van der Waals surface area contributed by atoms with E-state index in [1.165, 1.54) is 12.8 Å². The molecule has 0 fully saturated rings. The first-order valence-corrected chi connectivity index (χ1v) is 3.85. The first kappa shape index (κ1) is 9.34. The minimum Gasteiger partial charge on any atom is -0.393 e. The summed E-state index contributed by atoms with van der Waals surface area (Å²) in [6.07, 6.45) is 6.52. The van der Waals surface area contributed by atoms with Crippen LogP contribution in [-0.2, 0) is 0 Å². The number of rotatable bonds is 5. The highest BCUT2D eigenvalue weighted by Crippen LogP contribution is 1.90. The van der Waals surface area contributed by atoms with Gasteiger partial charge in [0.25, 0.3) is 0 Å². The zero-order valence-corrected chi connectivity index (χ0v) is 7.22. The maximum Gasteiger partial charge on any atom is 0.0169 e. The zero-order valence-electron chi connectivity index (χ0n) is 7.22. The van der Waals surface area contributed by atoms with Gasteiger partial charge in [-0.15, -0.1) is 0 Å². The highest BCUT2D eigenvalue weighted by molar-refractivity contribution is 4.76. The number of nitrogens with zero attached hydrogens (tertiary/aromatic N) is 1. The predicted molar refractivity (Wildman–Crippen MR) is 45.7 cm³/mol. The molecule has 0 aliphatic rings. The molecule has 60 valence electrons. The van der Waals surface area contributed by atoms with Gasteiger partial charge in [0.2, 0.25) is 0 Å². The van der Waals surface area contributed by atoms with Gasteiger partial charge in [-0.05, 0) is 6.42 Å². The number of hydrogen-bond acceptors (Lipinski definition) is 2. The van der Waals surface area contributed by atoms with Crippen LogP contribution in [0.15, 0.2) is 12.4 Å². The van der Waals surface area contributed by atoms with E-state index in [2.05, 4.69) is 30.4 Å². The summed E-state index contributed by atoms with van der Waals surface area (Å²) in [7, 11) is 3.99. The molecule has 0 aliphatic carbocycles. The van der Waals surface area contributed by atoms with E-state index in [0.717, 1.165) is 6.54 Å². The molecular weight excluding hydrogens is 124 g/mol. The Morgan fingerprint density at radius 1 is 1.50 bits per heavy atom. The Morgan fingerprint density at radius 2 is 2.20 bits per heavy atom. The Bertz CT molecular complexity index is 89.3. The van der Waals surface area contributed by atoms with Gasteiger partial charge in [0.1, 0.15) is 0 Å². The second kappa shape index (κ2) is 6.46. The maximum atomic E-state index is 2.95. The lowest BCUT2D eigenvalue weighted by molar-refractivity contribution is 0.439. The monoisotopic (exact) mass is 142 g/mol. The van der Waals surface area contributed by atoms with Crippen LogP contribution in [0.25, 0.3) is 0 Å². The van der Waals surface area contributed by atoms with Crippen LogP contribution in [0.5, 0.6) is 0 Å². The molecule has 0 atom stereocenters. The Hall–Kier alpha value is -0.660. The first-order valence-electron chi connectivity index (χ1n) is 3.85. The highest BCUT2D eigenvalue weighted by Gasteiger charge is 1.86. The molecule has 0 heterocycles. The van der Waals surface area contributed by atoms with E-state index in [1.54, 1.807) is 0 Å². The van der Waals surface area contributed by atoms with Crippen LogP contribution in [0.3, 0.4) is 0 Å². The lowest BCUT2D eigenvalue weighted by atomic mass is 10.3. The fourth-order valence-electron chi connectivity index (χ4n) is 0.684. The van der Waals surface area contributed by atoms with Crippen molar-refractivity contribution in [1.82, 2.24) is 10.2 Å². The molecule has 0 aromatic rings. The molecule has 0 radical (unpaired) electrons. The summed E-state index contributed by atoms with van der Waals surface area (Å²) in [6, 6.07) is 0. The SMILES string of the molecule is CCCCN(C)/C=C\NC. The largest absolute Gasteiger partial charge is 0.393 e. The van der Waals surface area contributed by atoms with Crippen molar-refractivity contribution < 1.29 is 0 Å². The van der Waals surface area contributed by atoms with Crippen molar-refractivity contribution in [1.29, 1.82) is 0 Å². The lowest BCUT2D eigenvalue weighted by Gasteiger charge is -2.11. The molecular formula is C8H18N2. The van der Waals surface area contributed by atoms with E-state index < -0.39 is 0 Å². The Balaban J connectivity index is 3.24. The van der Waals surface area contributed by atoms with Crippen molar-refractivity contribution in [2.24, 2.45) is 0 Å². The van der Waals surface area contributed by atoms with Crippen LogP contribution in [0.2, 0.25) is 0 Å².